The number of hydrogen-bond acceptors (Lipinski definition) is 4. The summed E-state index contributed by atoms with van der Waals surface area (Å²) < 4.78 is 38.7. The van der Waals surface area contributed by atoms with Crippen molar-refractivity contribution < 1.29 is 18.3 Å². The second-order valence-corrected chi connectivity index (χ2v) is 8.03. The van der Waals surface area contributed by atoms with Gasteiger partial charge in [-0.3, -0.25) is 0 Å². The molecule has 32 heavy (non-hydrogen) atoms. The van der Waals surface area contributed by atoms with E-state index in [2.05, 4.69) is 38.6 Å². The summed E-state index contributed by atoms with van der Waals surface area (Å²) in [7, 11) is 1.53. The number of rotatable bonds is 6. The molecule has 0 spiro atoms. The molecule has 0 bridgehead atoms. The number of ether oxygens (including phenoxy) is 2. The Kier molecular flexibility index (Phi) is 6.37. The maximum absolute atomic E-state index is 13.5. The van der Waals surface area contributed by atoms with E-state index in [0.717, 1.165) is 9.13 Å². The van der Waals surface area contributed by atoms with Gasteiger partial charge in [0.1, 0.15) is 30.1 Å². The maximum Gasteiger partial charge on any atom is 0.174 e. The molecule has 4 aromatic rings. The third-order valence-electron chi connectivity index (χ3n) is 4.68. The van der Waals surface area contributed by atoms with Gasteiger partial charge < -0.3 is 14.5 Å². The molecule has 0 saturated carbocycles. The van der Waals surface area contributed by atoms with E-state index in [9.17, 15) is 14.0 Å². The zero-order valence-electron chi connectivity index (χ0n) is 16.8. The van der Waals surface area contributed by atoms with Crippen molar-refractivity contribution in [2.75, 3.05) is 7.11 Å². The average Bonchev–Trinajstić information content (AvgIpc) is 3.20. The minimum Gasteiger partial charge on any atom is -0.493 e. The van der Waals surface area contributed by atoms with Gasteiger partial charge in [-0.15, -0.1) is 0 Å². The van der Waals surface area contributed by atoms with Crippen molar-refractivity contribution in [1.29, 1.82) is 5.26 Å². The lowest BCUT2D eigenvalue weighted by Crippen LogP contribution is -2.00. The standard InChI is InChI=1S/C24H16F2IN3O2/c1-31-22-10-15(9-19(27)23(22)32-13-14-2-4-17(25)5-3-14)8-16(12-28)24-29-20-7-6-18(26)11-21(20)30-24/h2-11H,13H2,1H3,(H,29,30)/b16-8-. The van der Waals surface area contributed by atoms with Crippen LogP contribution in [-0.4, -0.2) is 17.1 Å². The highest BCUT2D eigenvalue weighted by Gasteiger charge is 2.14. The summed E-state index contributed by atoms with van der Waals surface area (Å²) >= 11 is 2.13. The van der Waals surface area contributed by atoms with Crippen LogP contribution in [0.3, 0.4) is 0 Å². The molecule has 4 rings (SSSR count). The van der Waals surface area contributed by atoms with Crippen LogP contribution in [0.4, 0.5) is 8.78 Å². The normalized spacial score (nSPS) is 11.4. The molecule has 0 amide bonds. The molecule has 0 aliphatic rings. The summed E-state index contributed by atoms with van der Waals surface area (Å²) in [4.78, 5) is 7.35. The number of aromatic nitrogens is 2. The van der Waals surface area contributed by atoms with Gasteiger partial charge in [0.25, 0.3) is 0 Å². The van der Waals surface area contributed by atoms with Crippen LogP contribution < -0.4 is 9.47 Å². The summed E-state index contributed by atoms with van der Waals surface area (Å²) in [6, 6.07) is 16.0. The highest BCUT2D eigenvalue weighted by molar-refractivity contribution is 14.1. The number of imidazole rings is 1. The first-order valence-electron chi connectivity index (χ1n) is 9.49. The number of fused-ring (bicyclic) bond motifs is 1. The first-order chi connectivity index (χ1) is 15.5. The molecule has 0 unspecified atom stereocenters. The predicted octanol–water partition coefficient (Wildman–Crippen LogP) is 6.10. The van der Waals surface area contributed by atoms with Gasteiger partial charge in [-0.1, -0.05) is 12.1 Å². The van der Waals surface area contributed by atoms with Gasteiger partial charge in [0, 0.05) is 0 Å². The van der Waals surface area contributed by atoms with Gasteiger partial charge in [0.2, 0.25) is 0 Å². The minimum absolute atomic E-state index is 0.251. The van der Waals surface area contributed by atoms with Crippen LogP contribution in [-0.2, 0) is 6.61 Å². The van der Waals surface area contributed by atoms with Crippen molar-refractivity contribution in [3.63, 3.8) is 0 Å². The number of nitrogens with one attached hydrogen (secondary N) is 1. The summed E-state index contributed by atoms with van der Waals surface area (Å²) in [5.74, 6) is 0.700. The SMILES string of the molecule is COc1cc(/C=C(/C#N)c2nc3ccc(F)cc3[nH]2)cc(I)c1OCc1ccc(F)cc1. The lowest BCUT2D eigenvalue weighted by molar-refractivity contribution is 0.282. The fourth-order valence-electron chi connectivity index (χ4n) is 3.13. The first kappa shape index (κ1) is 21.8. The number of hydrogen-bond donors (Lipinski definition) is 1. The number of allylic oxidation sites excluding steroid dienone is 1. The van der Waals surface area contributed by atoms with E-state index in [1.54, 1.807) is 30.3 Å². The Balaban J connectivity index is 1.63. The predicted molar refractivity (Wildman–Crippen MR) is 126 cm³/mol. The van der Waals surface area contributed by atoms with Crippen molar-refractivity contribution in [1.82, 2.24) is 9.97 Å². The fraction of sp³-hybridized carbons (Fsp3) is 0.0833. The van der Waals surface area contributed by atoms with Gasteiger partial charge in [-0.25, -0.2) is 13.8 Å². The van der Waals surface area contributed by atoms with Crippen LogP contribution in [0.25, 0.3) is 22.7 Å². The van der Waals surface area contributed by atoms with Crippen molar-refractivity contribution in [3.05, 3.63) is 86.8 Å². The zero-order chi connectivity index (χ0) is 22.7. The summed E-state index contributed by atoms with van der Waals surface area (Å²) in [6.07, 6.45) is 1.67. The summed E-state index contributed by atoms with van der Waals surface area (Å²) in [5.41, 5.74) is 2.90. The number of nitrogens with zero attached hydrogens (tertiary/aromatic N) is 2. The Labute approximate surface area is 196 Å². The molecule has 0 aliphatic heterocycles. The molecule has 5 nitrogen and oxygen atoms in total. The molecule has 160 valence electrons. The maximum atomic E-state index is 13.5. The smallest absolute Gasteiger partial charge is 0.174 e. The van der Waals surface area contributed by atoms with Crippen molar-refractivity contribution in [3.8, 4) is 17.6 Å². The third-order valence-corrected chi connectivity index (χ3v) is 5.48. The fourth-order valence-corrected chi connectivity index (χ4v) is 3.91. The van der Waals surface area contributed by atoms with Gasteiger partial charge in [0.05, 0.1) is 27.3 Å². The van der Waals surface area contributed by atoms with Crippen LogP contribution in [0.2, 0.25) is 0 Å². The molecule has 0 aliphatic carbocycles. The van der Waals surface area contributed by atoms with Crippen LogP contribution in [0, 0.1) is 26.5 Å². The van der Waals surface area contributed by atoms with Crippen LogP contribution in [0.5, 0.6) is 11.5 Å². The molecule has 0 atom stereocenters. The van der Waals surface area contributed by atoms with Crippen LogP contribution in [0.15, 0.2) is 54.6 Å². The summed E-state index contributed by atoms with van der Waals surface area (Å²) in [5, 5.41) is 9.66. The van der Waals surface area contributed by atoms with Crippen molar-refractivity contribution in [2.24, 2.45) is 0 Å². The molecule has 1 heterocycles. The van der Waals surface area contributed by atoms with E-state index in [4.69, 9.17) is 9.47 Å². The van der Waals surface area contributed by atoms with E-state index in [-0.39, 0.29) is 18.2 Å². The summed E-state index contributed by atoms with van der Waals surface area (Å²) in [6.45, 7) is 0.251. The highest BCUT2D eigenvalue weighted by Crippen LogP contribution is 2.35. The average molecular weight is 543 g/mol. The van der Waals surface area contributed by atoms with Crippen LogP contribution in [0.1, 0.15) is 17.0 Å². The van der Waals surface area contributed by atoms with Crippen molar-refractivity contribution in [2.45, 2.75) is 6.61 Å². The Morgan fingerprint density at radius 2 is 1.88 bits per heavy atom. The van der Waals surface area contributed by atoms with E-state index in [1.165, 1.54) is 31.4 Å². The number of H-pyrrole nitrogens is 1. The number of methoxy groups -OCH3 is 1. The van der Waals surface area contributed by atoms with E-state index in [1.807, 2.05) is 6.07 Å². The van der Waals surface area contributed by atoms with Gasteiger partial charge in [0.15, 0.2) is 11.5 Å². The van der Waals surface area contributed by atoms with Gasteiger partial charge in [-0.05, 0) is 82.3 Å². The topological polar surface area (TPSA) is 70.9 Å². The lowest BCUT2D eigenvalue weighted by Gasteiger charge is -2.14. The molecule has 0 radical (unpaired) electrons. The van der Waals surface area contributed by atoms with Gasteiger partial charge in [-0.2, -0.15) is 5.26 Å². The van der Waals surface area contributed by atoms with E-state index >= 15 is 0 Å². The minimum atomic E-state index is -0.384. The second kappa shape index (κ2) is 9.36. The quantitative estimate of drug-likeness (QED) is 0.236. The molecule has 1 N–H and O–H groups in total. The molecule has 3 aromatic carbocycles. The first-order valence-corrected chi connectivity index (χ1v) is 10.6. The Bertz CT molecular complexity index is 1360. The number of halogens is 3. The molecule has 0 saturated heterocycles. The van der Waals surface area contributed by atoms with Crippen molar-refractivity contribution >= 4 is 45.3 Å². The molecular weight excluding hydrogens is 527 g/mol. The molecule has 8 heteroatoms. The number of aromatic amines is 1. The van der Waals surface area contributed by atoms with E-state index < -0.39 is 0 Å². The van der Waals surface area contributed by atoms with E-state index in [0.29, 0.717) is 39.5 Å². The van der Waals surface area contributed by atoms with Crippen LogP contribution >= 0.6 is 22.6 Å². The molecular formula is C24H16F2IN3O2. The Hall–Kier alpha value is -3.45. The van der Waals surface area contributed by atoms with Gasteiger partial charge >= 0.3 is 0 Å². The highest BCUT2D eigenvalue weighted by atomic mass is 127. The third kappa shape index (κ3) is 4.73. The molecule has 0 fully saturated rings. The monoisotopic (exact) mass is 543 g/mol. The molecule has 1 aromatic heterocycles. The number of benzene rings is 3. The Morgan fingerprint density at radius 3 is 2.59 bits per heavy atom. The largest absolute Gasteiger partial charge is 0.493 e. The number of nitriles is 1. The zero-order valence-corrected chi connectivity index (χ0v) is 19.0. The second-order valence-electron chi connectivity index (χ2n) is 6.87. The lowest BCUT2D eigenvalue weighted by atomic mass is 10.1. The Morgan fingerprint density at radius 1 is 1.12 bits per heavy atom.